The first-order chi connectivity index (χ1) is 6.74. The second kappa shape index (κ2) is 2.98. The zero-order valence-electron chi connectivity index (χ0n) is 10.2. The Morgan fingerprint density at radius 1 is 1.27 bits per heavy atom. The molecule has 15 heavy (non-hydrogen) atoms. The average Bonchev–Trinajstić information content (AvgIpc) is 2.15. The highest BCUT2D eigenvalue weighted by atomic mass is 31.2. The highest BCUT2D eigenvalue weighted by Gasteiger charge is 2.42. The fourth-order valence-corrected chi connectivity index (χ4v) is 6.38. The van der Waals surface area contributed by atoms with Crippen molar-refractivity contribution >= 4 is 12.4 Å². The lowest BCUT2D eigenvalue weighted by atomic mass is 9.84. The van der Waals surface area contributed by atoms with E-state index in [1.54, 1.807) is 0 Å². The molecule has 1 aromatic carbocycles. The van der Waals surface area contributed by atoms with Gasteiger partial charge in [0.25, 0.3) is 0 Å². The van der Waals surface area contributed by atoms with Crippen molar-refractivity contribution in [3.63, 3.8) is 0 Å². The predicted molar refractivity (Wildman–Crippen MR) is 67.0 cm³/mol. The van der Waals surface area contributed by atoms with Gasteiger partial charge in [0.05, 0.1) is 0 Å². The maximum Gasteiger partial charge on any atom is 0.113 e. The highest BCUT2D eigenvalue weighted by molar-refractivity contribution is 7.71. The summed E-state index contributed by atoms with van der Waals surface area (Å²) in [4.78, 5) is 0. The Morgan fingerprint density at radius 2 is 1.87 bits per heavy atom. The second-order valence-electron chi connectivity index (χ2n) is 5.62. The molecule has 0 N–H and O–H groups in total. The normalized spacial score (nSPS) is 27.8. The van der Waals surface area contributed by atoms with Crippen molar-refractivity contribution in [2.75, 3.05) is 12.8 Å². The van der Waals surface area contributed by atoms with Gasteiger partial charge in [0.1, 0.15) is 7.14 Å². The third-order valence-corrected chi connectivity index (χ3v) is 6.11. The molecule has 82 valence electrons. The number of aryl methyl sites for hydroxylation is 2. The highest BCUT2D eigenvalue weighted by Crippen LogP contribution is 2.54. The van der Waals surface area contributed by atoms with Crippen molar-refractivity contribution in [1.82, 2.24) is 0 Å². The number of rotatable bonds is 0. The van der Waals surface area contributed by atoms with E-state index >= 15 is 0 Å². The number of fused-ring (bicyclic) bond motifs is 1. The van der Waals surface area contributed by atoms with Gasteiger partial charge in [-0.25, -0.2) is 0 Å². The predicted octanol–water partition coefficient (Wildman–Crippen LogP) is 3.21. The third kappa shape index (κ3) is 1.58. The van der Waals surface area contributed by atoms with Crippen LogP contribution in [-0.2, 0) is 9.98 Å². The van der Waals surface area contributed by atoms with Crippen molar-refractivity contribution < 1.29 is 4.57 Å². The molecule has 0 aromatic heterocycles. The minimum absolute atomic E-state index is 0.0807. The van der Waals surface area contributed by atoms with Gasteiger partial charge in [-0.05, 0) is 43.1 Å². The van der Waals surface area contributed by atoms with E-state index in [1.165, 1.54) is 16.7 Å². The maximum atomic E-state index is 12.6. The lowest BCUT2D eigenvalue weighted by Gasteiger charge is -2.20. The number of benzene rings is 1. The van der Waals surface area contributed by atoms with Crippen LogP contribution in [0.1, 0.15) is 30.5 Å². The lowest BCUT2D eigenvalue weighted by molar-refractivity contribution is 0.564. The van der Waals surface area contributed by atoms with Gasteiger partial charge in [-0.15, -0.1) is 0 Å². The first-order valence-electron chi connectivity index (χ1n) is 5.43. The molecule has 0 saturated heterocycles. The summed E-state index contributed by atoms with van der Waals surface area (Å²) < 4.78 is 12.6. The van der Waals surface area contributed by atoms with Crippen molar-refractivity contribution in [2.45, 2.75) is 33.1 Å². The quantitative estimate of drug-likeness (QED) is 0.616. The Bertz CT molecular complexity index is 472. The molecule has 1 atom stereocenters. The topological polar surface area (TPSA) is 17.1 Å². The van der Waals surface area contributed by atoms with Gasteiger partial charge in [-0.1, -0.05) is 25.5 Å². The summed E-state index contributed by atoms with van der Waals surface area (Å²) in [7, 11) is -2.11. The molecule has 0 amide bonds. The smallest absolute Gasteiger partial charge is 0.113 e. The molecule has 1 nitrogen and oxygen atoms in total. The molecule has 1 aromatic rings. The van der Waals surface area contributed by atoms with E-state index in [0.29, 0.717) is 0 Å². The summed E-state index contributed by atoms with van der Waals surface area (Å²) in [5, 5.41) is 1.13. The van der Waals surface area contributed by atoms with Crippen LogP contribution in [0.25, 0.3) is 0 Å². The van der Waals surface area contributed by atoms with Gasteiger partial charge in [0.15, 0.2) is 0 Å². The Kier molecular flexibility index (Phi) is 2.18. The van der Waals surface area contributed by atoms with E-state index < -0.39 is 7.14 Å². The molecular weight excluding hydrogens is 203 g/mol. The molecule has 1 aliphatic heterocycles. The molecule has 0 aliphatic carbocycles. The molecule has 1 unspecified atom stereocenters. The first kappa shape index (κ1) is 11.0. The molecule has 0 saturated carbocycles. The second-order valence-corrected chi connectivity index (χ2v) is 8.62. The van der Waals surface area contributed by atoms with Crippen LogP contribution in [-0.4, -0.2) is 12.8 Å². The molecule has 2 rings (SSSR count). The molecule has 2 heteroatoms. The molecular formula is C13H19OP. The van der Waals surface area contributed by atoms with Crippen LogP contribution in [0.2, 0.25) is 0 Å². The Labute approximate surface area is 92.3 Å². The van der Waals surface area contributed by atoms with E-state index in [9.17, 15) is 4.57 Å². The molecule has 0 radical (unpaired) electrons. The molecule has 0 fully saturated rings. The van der Waals surface area contributed by atoms with Crippen LogP contribution < -0.4 is 5.30 Å². The van der Waals surface area contributed by atoms with Crippen LogP contribution in [0.3, 0.4) is 0 Å². The van der Waals surface area contributed by atoms with Crippen molar-refractivity contribution in [2.24, 2.45) is 0 Å². The Morgan fingerprint density at radius 3 is 2.47 bits per heavy atom. The van der Waals surface area contributed by atoms with Crippen LogP contribution >= 0.6 is 7.14 Å². The SMILES string of the molecule is Cc1cc(C)c2c(c1)P(C)(=O)CC2(C)C. The summed E-state index contributed by atoms with van der Waals surface area (Å²) in [6.07, 6.45) is 0.819. The largest absolute Gasteiger partial charge is 0.319 e. The summed E-state index contributed by atoms with van der Waals surface area (Å²) in [5.74, 6) is 0. The van der Waals surface area contributed by atoms with Crippen molar-refractivity contribution in [3.05, 3.63) is 28.8 Å². The summed E-state index contributed by atoms with van der Waals surface area (Å²) in [6, 6.07) is 4.32. The van der Waals surface area contributed by atoms with E-state index in [0.717, 1.165) is 11.5 Å². The maximum absolute atomic E-state index is 12.6. The molecule has 0 spiro atoms. The summed E-state index contributed by atoms with van der Waals surface area (Å²) in [6.45, 7) is 10.6. The van der Waals surface area contributed by atoms with Crippen molar-refractivity contribution in [3.8, 4) is 0 Å². The van der Waals surface area contributed by atoms with E-state index in [4.69, 9.17) is 0 Å². The van der Waals surface area contributed by atoms with Gasteiger partial charge >= 0.3 is 0 Å². The van der Waals surface area contributed by atoms with Gasteiger partial charge in [-0.2, -0.15) is 0 Å². The number of hydrogen-bond donors (Lipinski definition) is 0. The van der Waals surface area contributed by atoms with Crippen LogP contribution in [0.4, 0.5) is 0 Å². The van der Waals surface area contributed by atoms with Crippen LogP contribution in [0.5, 0.6) is 0 Å². The fourth-order valence-electron chi connectivity index (χ4n) is 3.12. The summed E-state index contributed by atoms with van der Waals surface area (Å²) in [5.41, 5.74) is 3.94. The minimum atomic E-state index is -2.11. The van der Waals surface area contributed by atoms with Crippen LogP contribution in [0.15, 0.2) is 12.1 Å². The standard InChI is InChI=1S/C13H19OP/c1-9-6-10(2)12-11(7-9)15(5,14)8-13(12,3)4/h6-7H,8H2,1-5H3. The van der Waals surface area contributed by atoms with Gasteiger partial charge in [0.2, 0.25) is 0 Å². The molecule has 1 aliphatic rings. The average molecular weight is 222 g/mol. The third-order valence-electron chi connectivity index (χ3n) is 3.34. The lowest BCUT2D eigenvalue weighted by Crippen LogP contribution is -2.19. The zero-order valence-corrected chi connectivity index (χ0v) is 11.1. The Hall–Kier alpha value is -0.550. The van der Waals surface area contributed by atoms with Gasteiger partial charge in [0, 0.05) is 11.5 Å². The Balaban J connectivity index is 2.81. The van der Waals surface area contributed by atoms with E-state index in [2.05, 4.69) is 39.8 Å². The van der Waals surface area contributed by atoms with Crippen molar-refractivity contribution in [1.29, 1.82) is 0 Å². The van der Waals surface area contributed by atoms with E-state index in [1.807, 2.05) is 6.66 Å². The fraction of sp³-hybridized carbons (Fsp3) is 0.538. The zero-order chi connectivity index (χ0) is 11.4. The number of hydrogen-bond acceptors (Lipinski definition) is 1. The van der Waals surface area contributed by atoms with E-state index in [-0.39, 0.29) is 5.41 Å². The van der Waals surface area contributed by atoms with Gasteiger partial charge < -0.3 is 4.57 Å². The van der Waals surface area contributed by atoms with Crippen LogP contribution in [0, 0.1) is 13.8 Å². The molecule has 0 bridgehead atoms. The molecule has 1 heterocycles. The minimum Gasteiger partial charge on any atom is -0.319 e. The van der Waals surface area contributed by atoms with Gasteiger partial charge in [-0.3, -0.25) is 0 Å². The monoisotopic (exact) mass is 222 g/mol. The first-order valence-corrected chi connectivity index (χ1v) is 7.77. The summed E-state index contributed by atoms with van der Waals surface area (Å²) >= 11 is 0.